The fraction of sp³-hybridized carbons (Fsp3) is 0.714. The molecule has 5 nitrogen and oxygen atoms in total. The van der Waals surface area contributed by atoms with Crippen molar-refractivity contribution in [3.63, 3.8) is 0 Å². The molecule has 1 heterocycles. The third-order valence-electron chi connectivity index (χ3n) is 6.25. The number of likely N-dealkylation sites (tertiary alicyclic amines) is 1. The van der Waals surface area contributed by atoms with E-state index >= 15 is 0 Å². The topological polar surface area (TPSA) is 49.9 Å². The van der Waals surface area contributed by atoms with Crippen molar-refractivity contribution >= 4 is 10.0 Å². The van der Waals surface area contributed by atoms with Crippen LogP contribution in [0.1, 0.15) is 44.1 Å². The van der Waals surface area contributed by atoms with Crippen molar-refractivity contribution in [2.75, 3.05) is 39.9 Å². The summed E-state index contributed by atoms with van der Waals surface area (Å²) in [5.41, 5.74) is -0.852. The molecule has 2 aliphatic rings. The summed E-state index contributed by atoms with van der Waals surface area (Å²) in [5.74, 6) is 0.437. The molecule has 0 atom stereocenters. The lowest BCUT2D eigenvalue weighted by atomic mass is 9.86. The van der Waals surface area contributed by atoms with Gasteiger partial charge in [0.2, 0.25) is 10.0 Å². The summed E-state index contributed by atoms with van der Waals surface area (Å²) in [6.45, 7) is 4.97. The summed E-state index contributed by atoms with van der Waals surface area (Å²) in [5, 5.41) is 0. The first-order valence-electron chi connectivity index (χ1n) is 10.6. The number of benzene rings is 1. The van der Waals surface area contributed by atoms with Gasteiger partial charge >= 0.3 is 6.18 Å². The molecule has 0 amide bonds. The summed E-state index contributed by atoms with van der Waals surface area (Å²) >= 11 is 0. The molecule has 0 unspecified atom stereocenters. The SMILES string of the molecule is CN(C1CCC(COCCCN2CCC2)CC1)S(=O)(=O)c1ccc(C(F)(F)F)cc1. The van der Waals surface area contributed by atoms with Crippen LogP contribution in [-0.2, 0) is 20.9 Å². The highest BCUT2D eigenvalue weighted by Crippen LogP contribution is 2.32. The summed E-state index contributed by atoms with van der Waals surface area (Å²) in [6, 6.07) is 3.57. The van der Waals surface area contributed by atoms with Crippen molar-refractivity contribution in [3.05, 3.63) is 29.8 Å². The predicted molar refractivity (Wildman–Crippen MR) is 109 cm³/mol. The monoisotopic (exact) mass is 448 g/mol. The molecule has 3 rings (SSSR count). The van der Waals surface area contributed by atoms with E-state index in [1.807, 2.05) is 0 Å². The van der Waals surface area contributed by atoms with Gasteiger partial charge in [-0.3, -0.25) is 0 Å². The Labute approximate surface area is 177 Å². The highest BCUT2D eigenvalue weighted by atomic mass is 32.2. The molecule has 9 heteroatoms. The van der Waals surface area contributed by atoms with Crippen LogP contribution in [0.15, 0.2) is 29.2 Å². The van der Waals surface area contributed by atoms with Crippen molar-refractivity contribution in [2.45, 2.75) is 55.6 Å². The minimum absolute atomic E-state index is 0.106. The van der Waals surface area contributed by atoms with Crippen LogP contribution in [0.5, 0.6) is 0 Å². The normalized spacial score (nSPS) is 23.5. The molecule has 2 fully saturated rings. The Balaban J connectivity index is 1.43. The van der Waals surface area contributed by atoms with Crippen molar-refractivity contribution < 1.29 is 26.3 Å². The molecule has 1 aliphatic heterocycles. The maximum atomic E-state index is 12.8. The zero-order valence-electron chi connectivity index (χ0n) is 17.4. The molecular weight excluding hydrogens is 417 g/mol. The lowest BCUT2D eigenvalue weighted by molar-refractivity contribution is -0.137. The van der Waals surface area contributed by atoms with Crippen LogP contribution in [0.3, 0.4) is 0 Å². The van der Waals surface area contributed by atoms with E-state index in [9.17, 15) is 21.6 Å². The average molecular weight is 449 g/mol. The number of nitrogens with zero attached hydrogens (tertiary/aromatic N) is 2. The summed E-state index contributed by atoms with van der Waals surface area (Å²) < 4.78 is 70.9. The third-order valence-corrected chi connectivity index (χ3v) is 8.18. The molecule has 1 saturated heterocycles. The smallest absolute Gasteiger partial charge is 0.381 e. The number of alkyl halides is 3. The van der Waals surface area contributed by atoms with Crippen LogP contribution < -0.4 is 0 Å². The van der Waals surface area contributed by atoms with E-state index in [1.54, 1.807) is 0 Å². The number of sulfonamides is 1. The molecule has 30 heavy (non-hydrogen) atoms. The number of hydrogen-bond acceptors (Lipinski definition) is 4. The second-order valence-electron chi connectivity index (χ2n) is 8.34. The van der Waals surface area contributed by atoms with Crippen molar-refractivity contribution in [1.29, 1.82) is 0 Å². The molecule has 1 aliphatic carbocycles. The first-order valence-corrected chi connectivity index (χ1v) is 12.1. The fourth-order valence-corrected chi connectivity index (χ4v) is 5.51. The lowest BCUT2D eigenvalue weighted by Gasteiger charge is -2.34. The van der Waals surface area contributed by atoms with E-state index < -0.39 is 21.8 Å². The zero-order valence-corrected chi connectivity index (χ0v) is 18.2. The van der Waals surface area contributed by atoms with Gasteiger partial charge in [-0.25, -0.2) is 8.42 Å². The minimum atomic E-state index is -4.48. The number of hydrogen-bond donors (Lipinski definition) is 0. The maximum absolute atomic E-state index is 12.8. The Morgan fingerprint density at radius 1 is 1.10 bits per heavy atom. The molecule has 0 radical (unpaired) electrons. The molecule has 1 aromatic rings. The van der Waals surface area contributed by atoms with Crippen LogP contribution >= 0.6 is 0 Å². The second kappa shape index (κ2) is 9.97. The van der Waals surface area contributed by atoms with Crippen LogP contribution in [0.4, 0.5) is 13.2 Å². The molecule has 0 N–H and O–H groups in total. The van der Waals surface area contributed by atoms with E-state index in [1.165, 1.54) is 30.9 Å². The standard InChI is InChI=1S/C21H31F3N2O3S/c1-25(30(27,28)20-10-6-18(7-11-20)21(22,23)24)19-8-4-17(5-9-19)16-29-15-3-14-26-12-2-13-26/h6-7,10-11,17,19H,2-5,8-9,12-16H2,1H3. The van der Waals surface area contributed by atoms with Gasteiger partial charge in [-0.1, -0.05) is 0 Å². The van der Waals surface area contributed by atoms with Crippen LogP contribution in [-0.4, -0.2) is 63.6 Å². The van der Waals surface area contributed by atoms with Gasteiger partial charge in [0.15, 0.2) is 0 Å². The summed E-state index contributed by atoms with van der Waals surface area (Å²) in [7, 11) is -2.30. The van der Waals surface area contributed by atoms with Crippen LogP contribution in [0.2, 0.25) is 0 Å². The zero-order chi connectivity index (χ0) is 21.8. The summed E-state index contributed by atoms with van der Waals surface area (Å²) in [4.78, 5) is 2.31. The van der Waals surface area contributed by atoms with Gasteiger partial charge in [-0.2, -0.15) is 17.5 Å². The van der Waals surface area contributed by atoms with Crippen LogP contribution in [0, 0.1) is 5.92 Å². The molecule has 1 saturated carbocycles. The second-order valence-corrected chi connectivity index (χ2v) is 10.3. The molecule has 0 bridgehead atoms. The Kier molecular flexibility index (Phi) is 7.81. The van der Waals surface area contributed by atoms with E-state index in [4.69, 9.17) is 4.74 Å². The van der Waals surface area contributed by atoms with Crippen molar-refractivity contribution in [3.8, 4) is 0 Å². The molecule has 0 aromatic heterocycles. The van der Waals surface area contributed by atoms with E-state index in [2.05, 4.69) is 4.90 Å². The largest absolute Gasteiger partial charge is 0.416 e. The number of rotatable bonds is 9. The summed E-state index contributed by atoms with van der Waals surface area (Å²) in [6.07, 6.45) is 1.11. The van der Waals surface area contributed by atoms with Gasteiger partial charge in [0.05, 0.1) is 10.5 Å². The average Bonchev–Trinajstić information content (AvgIpc) is 2.68. The Morgan fingerprint density at radius 3 is 2.27 bits per heavy atom. The van der Waals surface area contributed by atoms with Crippen LogP contribution in [0.25, 0.3) is 0 Å². The quantitative estimate of drug-likeness (QED) is 0.536. The third kappa shape index (κ3) is 5.96. The van der Waals surface area contributed by atoms with Gasteiger partial charge in [-0.15, -0.1) is 0 Å². The molecular formula is C21H31F3N2O3S. The molecule has 1 aromatic carbocycles. The lowest BCUT2D eigenvalue weighted by Crippen LogP contribution is -2.40. The first-order chi connectivity index (χ1) is 14.2. The van der Waals surface area contributed by atoms with Gasteiger partial charge in [0.1, 0.15) is 0 Å². The highest BCUT2D eigenvalue weighted by molar-refractivity contribution is 7.89. The molecule has 0 spiro atoms. The minimum Gasteiger partial charge on any atom is -0.381 e. The number of halogens is 3. The van der Waals surface area contributed by atoms with E-state index in [-0.39, 0.29) is 10.9 Å². The highest BCUT2D eigenvalue weighted by Gasteiger charge is 2.33. The van der Waals surface area contributed by atoms with Crippen molar-refractivity contribution in [2.24, 2.45) is 5.92 Å². The first kappa shape index (κ1) is 23.5. The van der Waals surface area contributed by atoms with Crippen molar-refractivity contribution in [1.82, 2.24) is 9.21 Å². The Bertz CT molecular complexity index is 772. The van der Waals surface area contributed by atoms with E-state index in [0.29, 0.717) is 12.5 Å². The molecule has 170 valence electrons. The van der Waals surface area contributed by atoms with Gasteiger partial charge < -0.3 is 9.64 Å². The predicted octanol–water partition coefficient (Wildman–Crippen LogP) is 4.00. The Morgan fingerprint density at radius 2 is 1.73 bits per heavy atom. The van der Waals surface area contributed by atoms with Gasteiger partial charge in [0.25, 0.3) is 0 Å². The number of ether oxygens (including phenoxy) is 1. The fourth-order valence-electron chi connectivity index (χ4n) is 4.10. The van der Waals surface area contributed by atoms with Gasteiger partial charge in [0, 0.05) is 32.8 Å². The van der Waals surface area contributed by atoms with E-state index in [0.717, 1.165) is 69.5 Å². The Hall–Kier alpha value is -1.16. The van der Waals surface area contributed by atoms with Gasteiger partial charge in [-0.05, 0) is 81.8 Å². The maximum Gasteiger partial charge on any atom is 0.416 e.